The SMILES string of the molecule is CCOCCOc1nc(-c2ccco2)n(-c2ccc(NC(=O)c3ccc(C(F)(F)F)cc3)cc2)n1. The summed E-state index contributed by atoms with van der Waals surface area (Å²) in [6.45, 7) is 3.14. The quantitative estimate of drug-likeness (QED) is 0.327. The van der Waals surface area contributed by atoms with Crippen LogP contribution in [0.4, 0.5) is 18.9 Å². The molecule has 0 aliphatic rings. The largest absolute Gasteiger partial charge is 0.461 e. The van der Waals surface area contributed by atoms with Crippen LogP contribution in [0.25, 0.3) is 17.3 Å². The van der Waals surface area contributed by atoms with Crippen molar-refractivity contribution in [3.63, 3.8) is 0 Å². The van der Waals surface area contributed by atoms with Crippen molar-refractivity contribution in [2.75, 3.05) is 25.1 Å². The van der Waals surface area contributed by atoms with Gasteiger partial charge in [0.1, 0.15) is 6.61 Å². The summed E-state index contributed by atoms with van der Waals surface area (Å²) in [6.07, 6.45) is -2.95. The zero-order chi connectivity index (χ0) is 24.8. The molecular weight excluding hydrogens is 465 g/mol. The van der Waals surface area contributed by atoms with Gasteiger partial charge in [-0.2, -0.15) is 18.2 Å². The lowest BCUT2D eigenvalue weighted by Crippen LogP contribution is -2.13. The number of rotatable bonds is 9. The number of ether oxygens (including phenoxy) is 2. The van der Waals surface area contributed by atoms with Gasteiger partial charge in [-0.1, -0.05) is 0 Å². The van der Waals surface area contributed by atoms with Crippen molar-refractivity contribution in [3.8, 4) is 23.3 Å². The third kappa shape index (κ3) is 5.87. The summed E-state index contributed by atoms with van der Waals surface area (Å²) >= 11 is 0. The van der Waals surface area contributed by atoms with Crippen molar-refractivity contribution in [1.82, 2.24) is 14.8 Å². The fraction of sp³-hybridized carbons (Fsp3) is 0.208. The molecule has 0 radical (unpaired) electrons. The topological polar surface area (TPSA) is 91.4 Å². The first-order chi connectivity index (χ1) is 16.8. The minimum absolute atomic E-state index is 0.104. The summed E-state index contributed by atoms with van der Waals surface area (Å²) in [6, 6.07) is 14.3. The molecule has 0 fully saturated rings. The highest BCUT2D eigenvalue weighted by Crippen LogP contribution is 2.29. The Kier molecular flexibility index (Phi) is 7.16. The molecule has 2 heterocycles. The third-order valence-corrected chi connectivity index (χ3v) is 4.84. The van der Waals surface area contributed by atoms with E-state index in [9.17, 15) is 18.0 Å². The maximum atomic E-state index is 12.7. The van der Waals surface area contributed by atoms with E-state index >= 15 is 0 Å². The first-order valence-corrected chi connectivity index (χ1v) is 10.7. The summed E-state index contributed by atoms with van der Waals surface area (Å²) in [4.78, 5) is 16.8. The van der Waals surface area contributed by atoms with E-state index in [1.54, 1.807) is 36.4 Å². The van der Waals surface area contributed by atoms with Gasteiger partial charge >= 0.3 is 12.2 Å². The van der Waals surface area contributed by atoms with E-state index in [-0.39, 0.29) is 18.2 Å². The lowest BCUT2D eigenvalue weighted by molar-refractivity contribution is -0.137. The van der Waals surface area contributed by atoms with Gasteiger partial charge in [0.25, 0.3) is 5.91 Å². The van der Waals surface area contributed by atoms with E-state index in [1.165, 1.54) is 10.9 Å². The predicted octanol–water partition coefficient (Wildman–Crippen LogP) is 5.21. The highest BCUT2D eigenvalue weighted by atomic mass is 19.4. The lowest BCUT2D eigenvalue weighted by Gasteiger charge is -2.09. The van der Waals surface area contributed by atoms with Gasteiger partial charge in [0, 0.05) is 17.9 Å². The highest BCUT2D eigenvalue weighted by Gasteiger charge is 2.30. The van der Waals surface area contributed by atoms with E-state index in [0.29, 0.717) is 36.2 Å². The molecule has 1 amide bonds. The maximum Gasteiger partial charge on any atom is 0.416 e. The van der Waals surface area contributed by atoms with Crippen molar-refractivity contribution in [3.05, 3.63) is 78.1 Å². The van der Waals surface area contributed by atoms with Crippen LogP contribution in [0.5, 0.6) is 6.01 Å². The second-order valence-corrected chi connectivity index (χ2v) is 7.23. The van der Waals surface area contributed by atoms with Crippen LogP contribution in [0.15, 0.2) is 71.3 Å². The number of carbonyl (C=O) groups is 1. The van der Waals surface area contributed by atoms with Crippen LogP contribution in [0.1, 0.15) is 22.8 Å². The molecule has 0 aliphatic carbocycles. The van der Waals surface area contributed by atoms with Crippen molar-refractivity contribution in [2.45, 2.75) is 13.1 Å². The number of nitrogens with zero attached hydrogens (tertiary/aromatic N) is 3. The number of nitrogens with one attached hydrogen (secondary N) is 1. The number of hydrogen-bond acceptors (Lipinski definition) is 6. The van der Waals surface area contributed by atoms with Crippen LogP contribution in [-0.2, 0) is 10.9 Å². The molecule has 1 N–H and O–H groups in total. The number of furan rings is 1. The normalized spacial score (nSPS) is 11.4. The zero-order valence-electron chi connectivity index (χ0n) is 18.6. The van der Waals surface area contributed by atoms with Crippen LogP contribution in [-0.4, -0.2) is 40.5 Å². The molecule has 0 spiro atoms. The average molecular weight is 486 g/mol. The van der Waals surface area contributed by atoms with Crippen molar-refractivity contribution in [1.29, 1.82) is 0 Å². The summed E-state index contributed by atoms with van der Waals surface area (Å²) in [5.74, 6) is 0.369. The van der Waals surface area contributed by atoms with Crippen molar-refractivity contribution >= 4 is 11.6 Å². The van der Waals surface area contributed by atoms with E-state index in [0.717, 1.165) is 24.3 Å². The number of hydrogen-bond donors (Lipinski definition) is 1. The van der Waals surface area contributed by atoms with Gasteiger partial charge in [0.05, 0.1) is 24.1 Å². The fourth-order valence-electron chi connectivity index (χ4n) is 3.14. The van der Waals surface area contributed by atoms with E-state index in [2.05, 4.69) is 15.4 Å². The average Bonchev–Trinajstić information content (AvgIpc) is 3.52. The van der Waals surface area contributed by atoms with E-state index in [1.807, 2.05) is 6.92 Å². The molecule has 0 saturated carbocycles. The molecule has 11 heteroatoms. The molecular formula is C24H21F3N4O4. The van der Waals surface area contributed by atoms with Gasteiger partial charge in [-0.25, -0.2) is 4.68 Å². The smallest absolute Gasteiger partial charge is 0.416 e. The summed E-state index contributed by atoms with van der Waals surface area (Å²) in [5.41, 5.74) is 0.356. The van der Waals surface area contributed by atoms with Crippen molar-refractivity contribution in [2.24, 2.45) is 0 Å². The Labute approximate surface area is 198 Å². The highest BCUT2D eigenvalue weighted by molar-refractivity contribution is 6.04. The molecule has 0 bridgehead atoms. The molecule has 0 aliphatic heterocycles. The molecule has 0 unspecified atom stereocenters. The molecule has 2 aromatic heterocycles. The lowest BCUT2D eigenvalue weighted by atomic mass is 10.1. The second-order valence-electron chi connectivity index (χ2n) is 7.23. The third-order valence-electron chi connectivity index (χ3n) is 4.84. The maximum absolute atomic E-state index is 12.7. The van der Waals surface area contributed by atoms with Gasteiger partial charge in [-0.15, -0.1) is 5.10 Å². The van der Waals surface area contributed by atoms with Gasteiger partial charge in [0.15, 0.2) is 5.76 Å². The Hall–Kier alpha value is -4.12. The number of anilines is 1. The van der Waals surface area contributed by atoms with E-state index in [4.69, 9.17) is 13.9 Å². The molecule has 8 nitrogen and oxygen atoms in total. The molecule has 4 rings (SSSR count). The number of aromatic nitrogens is 3. The van der Waals surface area contributed by atoms with Gasteiger partial charge in [-0.3, -0.25) is 4.79 Å². The summed E-state index contributed by atoms with van der Waals surface area (Å²) < 4.78 is 56.0. The second kappa shape index (κ2) is 10.4. The predicted molar refractivity (Wildman–Crippen MR) is 120 cm³/mol. The Morgan fingerprint density at radius 3 is 2.43 bits per heavy atom. The van der Waals surface area contributed by atoms with Gasteiger partial charge < -0.3 is 19.2 Å². The molecule has 0 atom stereocenters. The fourth-order valence-corrected chi connectivity index (χ4v) is 3.14. The molecule has 4 aromatic rings. The molecule has 182 valence electrons. The molecule has 35 heavy (non-hydrogen) atoms. The number of carbonyl (C=O) groups excluding carboxylic acids is 1. The van der Waals surface area contributed by atoms with Crippen LogP contribution >= 0.6 is 0 Å². The zero-order valence-corrected chi connectivity index (χ0v) is 18.6. The summed E-state index contributed by atoms with van der Waals surface area (Å²) in [7, 11) is 0. The Bertz CT molecular complexity index is 1250. The monoisotopic (exact) mass is 486 g/mol. The number of benzene rings is 2. The Morgan fingerprint density at radius 2 is 1.80 bits per heavy atom. The number of halogens is 3. The minimum Gasteiger partial charge on any atom is -0.461 e. The molecule has 0 saturated heterocycles. The van der Waals surface area contributed by atoms with Crippen LogP contribution in [0, 0.1) is 0 Å². The standard InChI is InChI=1S/C24H21F3N4O4/c1-2-33-14-15-35-23-29-21(20-4-3-13-34-20)31(30-23)19-11-9-18(10-12-19)28-22(32)16-5-7-17(8-6-16)24(25,26)27/h3-13H,2,14-15H2,1H3,(H,28,32). The Morgan fingerprint density at radius 1 is 1.06 bits per heavy atom. The minimum atomic E-state index is -4.46. The van der Waals surface area contributed by atoms with Crippen LogP contribution < -0.4 is 10.1 Å². The van der Waals surface area contributed by atoms with Crippen LogP contribution in [0.2, 0.25) is 0 Å². The Balaban J connectivity index is 1.50. The van der Waals surface area contributed by atoms with Gasteiger partial charge in [-0.05, 0) is 67.6 Å². The van der Waals surface area contributed by atoms with Gasteiger partial charge in [0.2, 0.25) is 5.82 Å². The number of amides is 1. The molecule has 2 aromatic carbocycles. The van der Waals surface area contributed by atoms with Crippen LogP contribution in [0.3, 0.4) is 0 Å². The summed E-state index contributed by atoms with van der Waals surface area (Å²) in [5, 5.41) is 7.05. The van der Waals surface area contributed by atoms with E-state index < -0.39 is 17.6 Å². The number of alkyl halides is 3. The van der Waals surface area contributed by atoms with Crippen molar-refractivity contribution < 1.29 is 31.9 Å². The first-order valence-electron chi connectivity index (χ1n) is 10.7. The first kappa shape index (κ1) is 24.0.